The van der Waals surface area contributed by atoms with Gasteiger partial charge in [-0.25, -0.2) is 4.39 Å². The Morgan fingerprint density at radius 1 is 1.26 bits per heavy atom. The molecule has 0 aromatic heterocycles. The molecule has 2 aromatic rings. The molecule has 0 saturated carbocycles. The summed E-state index contributed by atoms with van der Waals surface area (Å²) in [7, 11) is 1.77. The van der Waals surface area contributed by atoms with Gasteiger partial charge in [-0.2, -0.15) is 0 Å². The van der Waals surface area contributed by atoms with E-state index in [1.807, 2.05) is 12.1 Å². The molecule has 0 spiro atoms. The van der Waals surface area contributed by atoms with Gasteiger partial charge in [-0.05, 0) is 48.7 Å². The first-order valence-corrected chi connectivity index (χ1v) is 10.7. The number of rotatable bonds is 4. The monoisotopic (exact) mass is 461 g/mol. The fourth-order valence-corrected chi connectivity index (χ4v) is 4.90. The molecule has 5 nitrogen and oxygen atoms in total. The van der Waals surface area contributed by atoms with Crippen LogP contribution in [0.15, 0.2) is 43.0 Å². The molecule has 1 saturated heterocycles. The van der Waals surface area contributed by atoms with Crippen LogP contribution >= 0.6 is 23.2 Å². The summed E-state index contributed by atoms with van der Waals surface area (Å²) in [6.45, 7) is 4.79. The first kappa shape index (κ1) is 21.7. The predicted molar refractivity (Wildman–Crippen MR) is 120 cm³/mol. The molecule has 2 aromatic carbocycles. The number of nitrogens with one attached hydrogen (secondary N) is 1. The van der Waals surface area contributed by atoms with Gasteiger partial charge in [0.15, 0.2) is 0 Å². The number of nitrogens with zero attached hydrogens (tertiary/aromatic N) is 2. The van der Waals surface area contributed by atoms with E-state index in [-0.39, 0.29) is 34.0 Å². The van der Waals surface area contributed by atoms with Crippen LogP contribution in [-0.2, 0) is 16.8 Å². The third-order valence-corrected chi connectivity index (χ3v) is 6.87. The largest absolute Gasteiger partial charge is 0.374 e. The van der Waals surface area contributed by atoms with E-state index < -0.39 is 11.4 Å². The Hall–Kier alpha value is -2.57. The molecule has 8 heteroatoms. The second kappa shape index (κ2) is 8.17. The number of fused-ring (bicyclic) bond motifs is 1. The van der Waals surface area contributed by atoms with Crippen molar-refractivity contribution in [1.82, 2.24) is 9.80 Å². The summed E-state index contributed by atoms with van der Waals surface area (Å²) in [5.74, 6) is -0.811. The van der Waals surface area contributed by atoms with Crippen molar-refractivity contribution in [1.29, 1.82) is 0 Å². The van der Waals surface area contributed by atoms with Gasteiger partial charge in [-0.1, -0.05) is 35.8 Å². The molecule has 0 aliphatic carbocycles. The van der Waals surface area contributed by atoms with Crippen LogP contribution in [0.5, 0.6) is 0 Å². The van der Waals surface area contributed by atoms with Crippen molar-refractivity contribution in [3.05, 3.63) is 75.5 Å². The summed E-state index contributed by atoms with van der Waals surface area (Å²) >= 11 is 12.7. The number of hydrogen-bond acceptors (Lipinski definition) is 3. The molecule has 2 aliphatic rings. The molecule has 1 atom stereocenters. The van der Waals surface area contributed by atoms with Crippen LogP contribution in [0.2, 0.25) is 10.0 Å². The molecule has 1 fully saturated rings. The molecule has 31 heavy (non-hydrogen) atoms. The Bertz CT molecular complexity index is 1090. The predicted octanol–water partition coefficient (Wildman–Crippen LogP) is 4.49. The second-order valence-corrected chi connectivity index (χ2v) is 8.77. The van der Waals surface area contributed by atoms with E-state index in [4.69, 9.17) is 23.2 Å². The highest BCUT2D eigenvalue weighted by Gasteiger charge is 2.44. The zero-order chi connectivity index (χ0) is 22.3. The maximum atomic E-state index is 15.1. The second-order valence-electron chi connectivity index (χ2n) is 7.99. The molecule has 1 unspecified atom stereocenters. The van der Waals surface area contributed by atoms with Gasteiger partial charge in [0.05, 0.1) is 15.6 Å². The fourth-order valence-electron chi connectivity index (χ4n) is 4.40. The van der Waals surface area contributed by atoms with Crippen LogP contribution in [0.1, 0.15) is 27.9 Å². The molecule has 2 amide bonds. The molecule has 0 bridgehead atoms. The number of hydrogen-bond donors (Lipinski definition) is 1. The fraction of sp³-hybridized carbons (Fsp3) is 0.304. The molecular formula is C23H22Cl2FN3O2. The quantitative estimate of drug-likeness (QED) is 0.539. The van der Waals surface area contributed by atoms with Crippen LogP contribution in [-0.4, -0.2) is 48.3 Å². The zero-order valence-electron chi connectivity index (χ0n) is 17.1. The first-order valence-electron chi connectivity index (χ1n) is 9.97. The first-order chi connectivity index (χ1) is 14.8. The third-order valence-electron chi connectivity index (χ3n) is 6.07. The molecule has 162 valence electrons. The van der Waals surface area contributed by atoms with Crippen LogP contribution < -0.4 is 5.32 Å². The van der Waals surface area contributed by atoms with E-state index in [1.165, 1.54) is 18.2 Å². The number of amides is 2. The normalized spacial score (nSPS) is 20.6. The van der Waals surface area contributed by atoms with Gasteiger partial charge in [0.25, 0.3) is 5.91 Å². The minimum absolute atomic E-state index is 0.0548. The van der Waals surface area contributed by atoms with Gasteiger partial charge < -0.3 is 15.1 Å². The van der Waals surface area contributed by atoms with Crippen molar-refractivity contribution < 1.29 is 14.0 Å². The molecule has 2 aliphatic heterocycles. The van der Waals surface area contributed by atoms with E-state index in [0.29, 0.717) is 30.8 Å². The highest BCUT2D eigenvalue weighted by Crippen LogP contribution is 2.43. The lowest BCUT2D eigenvalue weighted by Gasteiger charge is -2.34. The number of benzene rings is 2. The Morgan fingerprint density at radius 2 is 2.03 bits per heavy atom. The van der Waals surface area contributed by atoms with Gasteiger partial charge >= 0.3 is 0 Å². The van der Waals surface area contributed by atoms with Gasteiger partial charge in [-0.15, -0.1) is 0 Å². The number of likely N-dealkylation sites (tertiary alicyclic amines) is 1. The number of likely N-dealkylation sites (N-methyl/N-ethyl adjacent to an activating group) is 1. The van der Waals surface area contributed by atoms with E-state index >= 15 is 4.39 Å². The summed E-state index contributed by atoms with van der Waals surface area (Å²) in [4.78, 5) is 28.2. The van der Waals surface area contributed by atoms with Gasteiger partial charge in [0, 0.05) is 43.5 Å². The van der Waals surface area contributed by atoms with Crippen LogP contribution in [0.25, 0.3) is 0 Å². The van der Waals surface area contributed by atoms with Crippen molar-refractivity contribution in [2.24, 2.45) is 0 Å². The topological polar surface area (TPSA) is 52.7 Å². The number of carbonyl (C=O) groups is 2. The van der Waals surface area contributed by atoms with Crippen molar-refractivity contribution in [3.63, 3.8) is 0 Å². The van der Waals surface area contributed by atoms with Crippen LogP contribution in [0.4, 0.5) is 10.1 Å². The Kier molecular flexibility index (Phi) is 5.71. The number of carbonyl (C=O) groups excluding carboxylic acids is 2. The third kappa shape index (κ3) is 3.79. The minimum atomic E-state index is -1.01. The highest BCUT2D eigenvalue weighted by molar-refractivity contribution is 6.42. The van der Waals surface area contributed by atoms with Gasteiger partial charge in [-0.3, -0.25) is 9.59 Å². The maximum Gasteiger partial charge on any atom is 0.253 e. The summed E-state index contributed by atoms with van der Waals surface area (Å²) in [5, 5.41) is 3.73. The summed E-state index contributed by atoms with van der Waals surface area (Å²) < 4.78 is 15.1. The molecule has 2 heterocycles. The summed E-state index contributed by atoms with van der Waals surface area (Å²) in [6, 6.07) is 8.24. The lowest BCUT2D eigenvalue weighted by molar-refractivity contribution is -0.125. The molecular weight excluding hydrogens is 440 g/mol. The van der Waals surface area contributed by atoms with E-state index in [0.717, 1.165) is 12.0 Å². The Labute approximate surface area is 190 Å². The molecule has 0 radical (unpaired) electrons. The Morgan fingerprint density at radius 3 is 2.77 bits per heavy atom. The number of anilines is 1. The zero-order valence-corrected chi connectivity index (χ0v) is 18.6. The van der Waals surface area contributed by atoms with Crippen molar-refractivity contribution in [3.8, 4) is 0 Å². The van der Waals surface area contributed by atoms with E-state index in [9.17, 15) is 9.59 Å². The minimum Gasteiger partial charge on any atom is -0.374 e. The molecule has 1 N–H and O–H groups in total. The Balaban J connectivity index is 1.79. The summed E-state index contributed by atoms with van der Waals surface area (Å²) in [5.41, 5.74) is 1.43. The van der Waals surface area contributed by atoms with Crippen molar-refractivity contribution in [2.45, 2.75) is 18.4 Å². The average Bonchev–Trinajstić information content (AvgIpc) is 3.18. The van der Waals surface area contributed by atoms with Crippen LogP contribution in [0.3, 0.4) is 0 Å². The summed E-state index contributed by atoms with van der Waals surface area (Å²) in [6.07, 6.45) is 2.42. The maximum absolute atomic E-state index is 15.1. The smallest absolute Gasteiger partial charge is 0.253 e. The van der Waals surface area contributed by atoms with Gasteiger partial charge in [0.1, 0.15) is 5.82 Å². The van der Waals surface area contributed by atoms with Crippen molar-refractivity contribution in [2.75, 3.05) is 32.0 Å². The lowest BCUT2D eigenvalue weighted by Crippen LogP contribution is -2.41. The number of halogens is 3. The van der Waals surface area contributed by atoms with Crippen molar-refractivity contribution >= 4 is 40.7 Å². The van der Waals surface area contributed by atoms with Gasteiger partial charge in [0.2, 0.25) is 5.91 Å². The lowest BCUT2D eigenvalue weighted by atomic mass is 9.87. The highest BCUT2D eigenvalue weighted by atomic mass is 35.5. The standard InChI is InChI=1S/C23H22Cl2FN3O2/c1-3-19(30)29-11-9-23(13-29,20-18(26)7-6-17(24)21(20)25)27-15-5-4-14-8-10-28(2)22(31)16(14)12-15/h3-7,12,27H,1,8-11,13H2,2H3. The van der Waals surface area contributed by atoms with E-state index in [1.54, 1.807) is 22.9 Å². The average molecular weight is 462 g/mol. The van der Waals surface area contributed by atoms with Crippen LogP contribution in [0, 0.1) is 5.82 Å². The SMILES string of the molecule is C=CC(=O)N1CCC(Nc2ccc3c(c2)C(=O)N(C)CC3)(c2c(F)ccc(Cl)c2Cl)C1. The van der Waals surface area contributed by atoms with E-state index in [2.05, 4.69) is 11.9 Å². The molecule has 4 rings (SSSR count).